The first-order valence-corrected chi connectivity index (χ1v) is 11.3. The molecule has 1 unspecified atom stereocenters. The predicted molar refractivity (Wildman–Crippen MR) is 119 cm³/mol. The van der Waals surface area contributed by atoms with Crippen LogP contribution in [0.15, 0.2) is 36.4 Å². The molecule has 0 radical (unpaired) electrons. The summed E-state index contributed by atoms with van der Waals surface area (Å²) >= 11 is 6.50. The van der Waals surface area contributed by atoms with E-state index in [4.69, 9.17) is 25.8 Å². The summed E-state index contributed by atoms with van der Waals surface area (Å²) in [6.07, 6.45) is 2.61. The first-order chi connectivity index (χ1) is 15.1. The standard InChI is InChI=1S/C24H27ClN2O4/c1-29-20-4-2-3-17(23(20)25)16-5-6-18-19(9-12-30-21(18)13-16)26-24(28)31-22-14-27-10-7-15(22)8-11-27/h2-6,13,15,19,22H,7-12,14H2,1H3,(H,26,28)/t19?,22-/m1/s1. The van der Waals surface area contributed by atoms with E-state index in [-0.39, 0.29) is 18.2 Å². The zero-order valence-corrected chi connectivity index (χ0v) is 18.4. The molecule has 164 valence electrons. The summed E-state index contributed by atoms with van der Waals surface area (Å²) in [6, 6.07) is 11.5. The van der Waals surface area contributed by atoms with E-state index in [2.05, 4.69) is 10.2 Å². The van der Waals surface area contributed by atoms with Gasteiger partial charge in [0.05, 0.1) is 24.8 Å². The lowest BCUT2D eigenvalue weighted by atomic mass is 9.86. The van der Waals surface area contributed by atoms with Gasteiger partial charge in [-0.15, -0.1) is 0 Å². The molecule has 7 heteroatoms. The van der Waals surface area contributed by atoms with E-state index >= 15 is 0 Å². The number of methoxy groups -OCH3 is 1. The number of halogens is 1. The Balaban J connectivity index is 1.31. The number of amides is 1. The molecule has 3 saturated heterocycles. The van der Waals surface area contributed by atoms with Crippen LogP contribution in [0.3, 0.4) is 0 Å². The second-order valence-electron chi connectivity index (χ2n) is 8.49. The molecule has 1 N–H and O–H groups in total. The highest BCUT2D eigenvalue weighted by Crippen LogP contribution is 2.40. The van der Waals surface area contributed by atoms with Crippen LogP contribution in [0.2, 0.25) is 5.02 Å². The average Bonchev–Trinajstić information content (AvgIpc) is 2.80. The van der Waals surface area contributed by atoms with Crippen LogP contribution in [0.5, 0.6) is 11.5 Å². The predicted octanol–water partition coefficient (Wildman–Crippen LogP) is 4.66. The van der Waals surface area contributed by atoms with Crippen molar-refractivity contribution in [1.29, 1.82) is 0 Å². The number of hydrogen-bond donors (Lipinski definition) is 1. The van der Waals surface area contributed by atoms with Gasteiger partial charge in [0.15, 0.2) is 0 Å². The topological polar surface area (TPSA) is 60.0 Å². The lowest BCUT2D eigenvalue weighted by molar-refractivity contribution is -0.0342. The number of nitrogens with zero attached hydrogens (tertiary/aromatic N) is 1. The summed E-state index contributed by atoms with van der Waals surface area (Å²) in [5.74, 6) is 1.89. The summed E-state index contributed by atoms with van der Waals surface area (Å²) in [5, 5.41) is 3.63. The SMILES string of the molecule is COc1cccc(-c2ccc3c(c2)OCCC3NC(=O)O[C@@H]2CN3CCC2CC3)c1Cl. The van der Waals surface area contributed by atoms with Gasteiger partial charge in [-0.3, -0.25) is 4.90 Å². The van der Waals surface area contributed by atoms with Gasteiger partial charge in [-0.1, -0.05) is 35.9 Å². The smallest absolute Gasteiger partial charge is 0.407 e. The molecule has 4 aliphatic rings. The molecule has 3 fully saturated rings. The summed E-state index contributed by atoms with van der Waals surface area (Å²) in [7, 11) is 1.60. The molecule has 0 spiro atoms. The van der Waals surface area contributed by atoms with Crippen molar-refractivity contribution in [3.05, 3.63) is 47.0 Å². The number of fused-ring (bicyclic) bond motifs is 4. The fraction of sp³-hybridized carbons (Fsp3) is 0.458. The number of hydrogen-bond acceptors (Lipinski definition) is 5. The van der Waals surface area contributed by atoms with Crippen molar-refractivity contribution >= 4 is 17.7 Å². The number of alkyl carbamates (subject to hydrolysis) is 1. The van der Waals surface area contributed by atoms with Crippen molar-refractivity contribution in [3.63, 3.8) is 0 Å². The maximum absolute atomic E-state index is 12.6. The highest BCUT2D eigenvalue weighted by molar-refractivity contribution is 6.34. The summed E-state index contributed by atoms with van der Waals surface area (Å²) in [5.41, 5.74) is 2.78. The summed E-state index contributed by atoms with van der Waals surface area (Å²) in [4.78, 5) is 15.0. The Morgan fingerprint density at radius 3 is 2.77 bits per heavy atom. The van der Waals surface area contributed by atoms with Crippen molar-refractivity contribution < 1.29 is 19.0 Å². The van der Waals surface area contributed by atoms with Gasteiger partial charge in [0.2, 0.25) is 0 Å². The number of ether oxygens (including phenoxy) is 3. The van der Waals surface area contributed by atoms with Gasteiger partial charge in [0, 0.05) is 24.1 Å². The number of benzene rings is 2. The van der Waals surface area contributed by atoms with Gasteiger partial charge in [-0.25, -0.2) is 4.79 Å². The molecule has 31 heavy (non-hydrogen) atoms. The van der Waals surface area contributed by atoms with Crippen molar-refractivity contribution in [1.82, 2.24) is 10.2 Å². The second-order valence-corrected chi connectivity index (χ2v) is 8.87. The molecule has 6 rings (SSSR count). The monoisotopic (exact) mass is 442 g/mol. The first kappa shape index (κ1) is 20.5. The van der Waals surface area contributed by atoms with E-state index in [9.17, 15) is 4.79 Å². The molecule has 4 aliphatic heterocycles. The third-order valence-electron chi connectivity index (χ3n) is 6.69. The molecular formula is C24H27ClN2O4. The minimum absolute atomic E-state index is 0.000565. The van der Waals surface area contributed by atoms with Crippen molar-refractivity contribution in [2.24, 2.45) is 5.92 Å². The number of nitrogens with one attached hydrogen (secondary N) is 1. The van der Waals surface area contributed by atoms with E-state index in [0.29, 0.717) is 29.7 Å². The minimum atomic E-state index is -0.337. The molecule has 0 aromatic heterocycles. The highest BCUT2D eigenvalue weighted by atomic mass is 35.5. The quantitative estimate of drug-likeness (QED) is 0.746. The number of carbonyl (C=O) groups excluding carboxylic acids is 1. The van der Waals surface area contributed by atoms with Gasteiger partial charge in [0.25, 0.3) is 0 Å². The van der Waals surface area contributed by atoms with Crippen molar-refractivity contribution in [2.45, 2.75) is 31.4 Å². The minimum Gasteiger partial charge on any atom is -0.495 e. The Labute approximate surface area is 187 Å². The van der Waals surface area contributed by atoms with Crippen molar-refractivity contribution in [3.8, 4) is 22.6 Å². The largest absolute Gasteiger partial charge is 0.495 e. The molecule has 0 aliphatic carbocycles. The van der Waals surface area contributed by atoms with Crippen molar-refractivity contribution in [2.75, 3.05) is 33.4 Å². The summed E-state index contributed by atoms with van der Waals surface area (Å²) in [6.45, 7) is 3.64. The molecule has 6 nitrogen and oxygen atoms in total. The molecule has 2 aromatic rings. The molecule has 0 saturated carbocycles. The van der Waals surface area contributed by atoms with Crippen LogP contribution in [0.4, 0.5) is 4.79 Å². The van der Waals surface area contributed by atoms with Crippen LogP contribution in [0, 0.1) is 5.92 Å². The van der Waals surface area contributed by atoms with E-state index in [1.165, 1.54) is 0 Å². The Bertz CT molecular complexity index is 974. The van der Waals surface area contributed by atoms with E-state index in [1.807, 2.05) is 36.4 Å². The zero-order chi connectivity index (χ0) is 21.4. The van der Waals surface area contributed by atoms with E-state index < -0.39 is 0 Å². The second kappa shape index (κ2) is 8.60. The number of rotatable bonds is 4. The van der Waals surface area contributed by atoms with E-state index in [0.717, 1.165) is 54.9 Å². The average molecular weight is 443 g/mol. The van der Waals surface area contributed by atoms with Crippen LogP contribution < -0.4 is 14.8 Å². The van der Waals surface area contributed by atoms with Crippen LogP contribution in [0.25, 0.3) is 11.1 Å². The van der Waals surface area contributed by atoms with Gasteiger partial charge in [-0.2, -0.15) is 0 Å². The van der Waals surface area contributed by atoms with Crippen LogP contribution in [-0.2, 0) is 4.74 Å². The Morgan fingerprint density at radius 1 is 1.19 bits per heavy atom. The first-order valence-electron chi connectivity index (χ1n) is 10.9. The van der Waals surface area contributed by atoms with Crippen LogP contribution in [0.1, 0.15) is 30.9 Å². The number of piperidine rings is 3. The zero-order valence-electron chi connectivity index (χ0n) is 17.6. The molecule has 2 atom stereocenters. The van der Waals surface area contributed by atoms with Crippen LogP contribution in [-0.4, -0.2) is 50.4 Å². The summed E-state index contributed by atoms with van der Waals surface area (Å²) < 4.78 is 17.1. The third kappa shape index (κ3) is 4.06. The van der Waals surface area contributed by atoms with Gasteiger partial charge in [0.1, 0.15) is 17.6 Å². The lowest BCUT2D eigenvalue weighted by Crippen LogP contribution is -2.52. The molecule has 1 amide bonds. The Hall–Kier alpha value is -2.44. The molecule has 2 bridgehead atoms. The molecule has 4 heterocycles. The molecule has 2 aromatic carbocycles. The third-order valence-corrected chi connectivity index (χ3v) is 7.08. The fourth-order valence-electron chi connectivity index (χ4n) is 4.96. The van der Waals surface area contributed by atoms with Gasteiger partial charge >= 0.3 is 6.09 Å². The molecular weight excluding hydrogens is 416 g/mol. The Kier molecular flexibility index (Phi) is 5.67. The van der Waals surface area contributed by atoms with E-state index in [1.54, 1.807) is 7.11 Å². The maximum Gasteiger partial charge on any atom is 0.407 e. The maximum atomic E-state index is 12.6. The van der Waals surface area contributed by atoms with Crippen LogP contribution >= 0.6 is 11.6 Å². The fourth-order valence-corrected chi connectivity index (χ4v) is 5.27. The highest BCUT2D eigenvalue weighted by Gasteiger charge is 2.37. The lowest BCUT2D eigenvalue weighted by Gasteiger charge is -2.44. The normalized spacial score (nSPS) is 26.5. The van der Waals surface area contributed by atoms with Gasteiger partial charge < -0.3 is 19.5 Å². The van der Waals surface area contributed by atoms with Gasteiger partial charge in [-0.05, 0) is 49.5 Å². The Morgan fingerprint density at radius 2 is 2.03 bits per heavy atom. The number of carbonyl (C=O) groups is 1.